The minimum Gasteiger partial charge on any atom is -0.469 e. The van der Waals surface area contributed by atoms with Crippen LogP contribution >= 0.6 is 0 Å². The van der Waals surface area contributed by atoms with Crippen molar-refractivity contribution in [1.29, 1.82) is 0 Å². The monoisotopic (exact) mass is 306 g/mol. The highest BCUT2D eigenvalue weighted by Gasteiger charge is 2.14. The van der Waals surface area contributed by atoms with E-state index in [0.717, 1.165) is 0 Å². The fourth-order valence-electron chi connectivity index (χ4n) is 1.66. The van der Waals surface area contributed by atoms with Gasteiger partial charge in [-0.1, -0.05) is 12.1 Å². The molecule has 0 unspecified atom stereocenters. The van der Waals surface area contributed by atoms with Gasteiger partial charge in [-0.05, 0) is 29.8 Å². The van der Waals surface area contributed by atoms with Gasteiger partial charge >= 0.3 is 5.97 Å². The van der Waals surface area contributed by atoms with Crippen molar-refractivity contribution in [3.63, 3.8) is 0 Å². The zero-order chi connectivity index (χ0) is 15.3. The van der Waals surface area contributed by atoms with Gasteiger partial charge in [-0.15, -0.1) is 0 Å². The maximum absolute atomic E-state index is 12.2. The second-order valence-corrected chi connectivity index (χ2v) is 5.93. The fraction of sp³-hybridized carbons (Fsp3) is 0.143. The minimum atomic E-state index is -3.67. The van der Waals surface area contributed by atoms with E-state index in [1.165, 1.54) is 25.4 Å². The lowest BCUT2D eigenvalue weighted by molar-refractivity contribution is -0.139. The lowest BCUT2D eigenvalue weighted by Gasteiger charge is -2.08. The number of benzene rings is 1. The Morgan fingerprint density at radius 2 is 1.95 bits per heavy atom. The normalized spacial score (nSPS) is 10.9. The average Bonchev–Trinajstić information content (AvgIpc) is 2.48. The molecular formula is C14H14N2O4S. The smallest absolute Gasteiger partial charge is 0.309 e. The fourth-order valence-corrected chi connectivity index (χ4v) is 2.71. The van der Waals surface area contributed by atoms with Gasteiger partial charge in [-0.2, -0.15) is 0 Å². The number of hydrogen-bond acceptors (Lipinski definition) is 5. The van der Waals surface area contributed by atoms with Gasteiger partial charge in [0.05, 0.1) is 30.3 Å². The lowest BCUT2D eigenvalue weighted by Crippen LogP contribution is -2.13. The van der Waals surface area contributed by atoms with Crippen LogP contribution in [0.4, 0.5) is 5.69 Å². The molecule has 0 aliphatic rings. The van der Waals surface area contributed by atoms with Crippen LogP contribution in [0.3, 0.4) is 0 Å². The first-order valence-electron chi connectivity index (χ1n) is 6.10. The van der Waals surface area contributed by atoms with Gasteiger partial charge in [0.2, 0.25) is 0 Å². The molecule has 1 N–H and O–H groups in total. The summed E-state index contributed by atoms with van der Waals surface area (Å²) >= 11 is 0. The standard InChI is InChI=1S/C14H14N2O4S/c1-20-14(17)9-11-4-6-13(7-5-11)21(18,19)16-12-3-2-8-15-10-12/h2-8,10,16H,9H2,1H3. The summed E-state index contributed by atoms with van der Waals surface area (Å²) in [5, 5.41) is 0. The molecule has 0 saturated heterocycles. The zero-order valence-corrected chi connectivity index (χ0v) is 12.1. The third-order valence-corrected chi connectivity index (χ3v) is 4.12. The number of aromatic nitrogens is 1. The Balaban J connectivity index is 2.15. The Morgan fingerprint density at radius 1 is 1.24 bits per heavy atom. The molecule has 1 aromatic heterocycles. The van der Waals surface area contributed by atoms with E-state index >= 15 is 0 Å². The van der Waals surface area contributed by atoms with Gasteiger partial charge in [0.25, 0.3) is 10.0 Å². The number of carbonyl (C=O) groups is 1. The molecule has 0 saturated carbocycles. The maximum Gasteiger partial charge on any atom is 0.309 e. The summed E-state index contributed by atoms with van der Waals surface area (Å²) in [6, 6.07) is 9.28. The zero-order valence-electron chi connectivity index (χ0n) is 11.3. The third-order valence-electron chi connectivity index (χ3n) is 2.72. The van der Waals surface area contributed by atoms with Gasteiger partial charge < -0.3 is 4.74 Å². The van der Waals surface area contributed by atoms with Gasteiger partial charge in [-0.25, -0.2) is 8.42 Å². The number of anilines is 1. The molecule has 0 spiro atoms. The Kier molecular flexibility index (Phi) is 4.54. The first-order valence-corrected chi connectivity index (χ1v) is 7.58. The summed E-state index contributed by atoms with van der Waals surface area (Å²) in [4.78, 5) is 15.1. The maximum atomic E-state index is 12.2. The van der Waals surface area contributed by atoms with Gasteiger partial charge in [0.1, 0.15) is 0 Å². The molecule has 0 fully saturated rings. The molecule has 21 heavy (non-hydrogen) atoms. The van der Waals surface area contributed by atoms with Gasteiger partial charge in [0.15, 0.2) is 0 Å². The molecule has 0 aliphatic heterocycles. The molecule has 0 aliphatic carbocycles. The highest BCUT2D eigenvalue weighted by atomic mass is 32.2. The summed E-state index contributed by atoms with van der Waals surface area (Å²) in [7, 11) is -2.37. The van der Waals surface area contributed by atoms with Crippen LogP contribution in [0.5, 0.6) is 0 Å². The Labute approximate surface area is 122 Å². The van der Waals surface area contributed by atoms with Crippen LogP contribution < -0.4 is 4.72 Å². The summed E-state index contributed by atoms with van der Waals surface area (Å²) in [6.45, 7) is 0. The highest BCUT2D eigenvalue weighted by Crippen LogP contribution is 2.16. The van der Waals surface area contributed by atoms with Crippen molar-refractivity contribution < 1.29 is 17.9 Å². The van der Waals surface area contributed by atoms with Crippen LogP contribution in [0.2, 0.25) is 0 Å². The van der Waals surface area contributed by atoms with E-state index in [1.807, 2.05) is 0 Å². The van der Waals surface area contributed by atoms with Crippen molar-refractivity contribution >= 4 is 21.7 Å². The quantitative estimate of drug-likeness (QED) is 0.848. The molecule has 6 nitrogen and oxygen atoms in total. The SMILES string of the molecule is COC(=O)Cc1ccc(S(=O)(=O)Nc2cccnc2)cc1. The number of pyridine rings is 1. The Morgan fingerprint density at radius 3 is 2.52 bits per heavy atom. The van der Waals surface area contributed by atoms with Gasteiger partial charge in [-0.3, -0.25) is 14.5 Å². The number of nitrogens with zero attached hydrogens (tertiary/aromatic N) is 1. The number of ether oxygens (including phenoxy) is 1. The predicted octanol–water partition coefficient (Wildman–Crippen LogP) is 1.60. The molecule has 2 rings (SSSR count). The number of rotatable bonds is 5. The molecule has 1 heterocycles. The average molecular weight is 306 g/mol. The number of hydrogen-bond donors (Lipinski definition) is 1. The van der Waals surface area contributed by atoms with Crippen molar-refractivity contribution in [2.45, 2.75) is 11.3 Å². The van der Waals surface area contributed by atoms with Gasteiger partial charge in [0, 0.05) is 6.20 Å². The predicted molar refractivity (Wildman–Crippen MR) is 77.2 cm³/mol. The van der Waals surface area contributed by atoms with E-state index in [-0.39, 0.29) is 17.3 Å². The molecule has 2 aromatic rings. The molecule has 0 bridgehead atoms. The molecule has 1 aromatic carbocycles. The van der Waals surface area contributed by atoms with Crippen molar-refractivity contribution in [2.24, 2.45) is 0 Å². The minimum absolute atomic E-state index is 0.104. The molecular weight excluding hydrogens is 292 g/mol. The molecule has 0 radical (unpaired) electrons. The first kappa shape index (κ1) is 15.0. The van der Waals surface area contributed by atoms with Crippen LogP contribution in [0.25, 0.3) is 0 Å². The van der Waals surface area contributed by atoms with E-state index in [0.29, 0.717) is 11.3 Å². The van der Waals surface area contributed by atoms with Crippen LogP contribution in [0, 0.1) is 0 Å². The molecule has 7 heteroatoms. The molecule has 0 amide bonds. The van der Waals surface area contributed by atoms with E-state index in [4.69, 9.17) is 0 Å². The van der Waals surface area contributed by atoms with E-state index in [1.54, 1.807) is 30.5 Å². The second-order valence-electron chi connectivity index (χ2n) is 4.24. The van der Waals surface area contributed by atoms with Crippen molar-refractivity contribution in [3.05, 3.63) is 54.4 Å². The van der Waals surface area contributed by atoms with E-state index in [2.05, 4.69) is 14.4 Å². The molecule has 0 atom stereocenters. The molecule has 110 valence electrons. The summed E-state index contributed by atoms with van der Waals surface area (Å²) in [5.41, 5.74) is 1.07. The van der Waals surface area contributed by atoms with Crippen LogP contribution in [0.15, 0.2) is 53.7 Å². The highest BCUT2D eigenvalue weighted by molar-refractivity contribution is 7.92. The third kappa shape index (κ3) is 4.03. The van der Waals surface area contributed by atoms with Crippen LogP contribution in [-0.4, -0.2) is 26.5 Å². The summed E-state index contributed by atoms with van der Waals surface area (Å²) in [6.07, 6.45) is 3.08. The van der Waals surface area contributed by atoms with Crippen LogP contribution in [-0.2, 0) is 26.0 Å². The number of nitrogens with one attached hydrogen (secondary N) is 1. The number of sulfonamides is 1. The largest absolute Gasteiger partial charge is 0.469 e. The second kappa shape index (κ2) is 6.36. The Hall–Kier alpha value is -2.41. The topological polar surface area (TPSA) is 85.4 Å². The van der Waals surface area contributed by atoms with Crippen molar-refractivity contribution in [3.8, 4) is 0 Å². The Bertz CT molecular complexity index is 712. The number of esters is 1. The summed E-state index contributed by atoms with van der Waals surface area (Å²) < 4.78 is 31.3. The summed E-state index contributed by atoms with van der Waals surface area (Å²) in [5.74, 6) is -0.376. The lowest BCUT2D eigenvalue weighted by atomic mass is 10.2. The number of methoxy groups -OCH3 is 1. The van der Waals surface area contributed by atoms with Crippen molar-refractivity contribution in [2.75, 3.05) is 11.8 Å². The van der Waals surface area contributed by atoms with E-state index in [9.17, 15) is 13.2 Å². The first-order chi connectivity index (χ1) is 10.0. The number of carbonyl (C=O) groups excluding carboxylic acids is 1. The van der Waals surface area contributed by atoms with E-state index < -0.39 is 10.0 Å². The van der Waals surface area contributed by atoms with Crippen LogP contribution in [0.1, 0.15) is 5.56 Å². The van der Waals surface area contributed by atoms with Crippen molar-refractivity contribution in [1.82, 2.24) is 4.98 Å².